The highest BCUT2D eigenvalue weighted by atomic mass is 127. The van der Waals surface area contributed by atoms with Gasteiger partial charge in [-0.1, -0.05) is 11.8 Å². The number of rotatable bonds is 4. The quantitative estimate of drug-likeness (QED) is 0.568. The molecule has 1 aromatic carbocycles. The Bertz CT molecular complexity index is 1000. The van der Waals surface area contributed by atoms with E-state index in [1.165, 1.54) is 18.1 Å². The third-order valence-corrected chi connectivity index (χ3v) is 6.47. The SMILES string of the molecule is NCCn1c(Sc2cc3c(cc2I)CCC3=O)nc2c(N)ncnc21. The molecule has 128 valence electrons. The zero-order valence-electron chi connectivity index (χ0n) is 13.2. The molecule has 0 bridgehead atoms. The Labute approximate surface area is 161 Å². The van der Waals surface area contributed by atoms with E-state index in [1.54, 1.807) is 0 Å². The van der Waals surface area contributed by atoms with Crippen LogP contribution in [0.3, 0.4) is 0 Å². The van der Waals surface area contributed by atoms with Gasteiger partial charge in [-0.15, -0.1) is 0 Å². The average molecular weight is 466 g/mol. The lowest BCUT2D eigenvalue weighted by atomic mass is 10.1. The van der Waals surface area contributed by atoms with E-state index in [1.807, 2.05) is 10.6 Å². The summed E-state index contributed by atoms with van der Waals surface area (Å²) in [4.78, 5) is 26.0. The molecule has 0 aliphatic heterocycles. The molecular weight excluding hydrogens is 451 g/mol. The molecule has 0 fully saturated rings. The van der Waals surface area contributed by atoms with Crippen molar-refractivity contribution in [2.24, 2.45) is 5.73 Å². The summed E-state index contributed by atoms with van der Waals surface area (Å²) in [6.07, 6.45) is 2.85. The minimum atomic E-state index is 0.207. The van der Waals surface area contributed by atoms with Gasteiger partial charge in [-0.3, -0.25) is 4.79 Å². The number of halogens is 1. The lowest BCUT2D eigenvalue weighted by Crippen LogP contribution is -2.11. The number of aromatic nitrogens is 4. The maximum Gasteiger partial charge on any atom is 0.175 e. The van der Waals surface area contributed by atoms with E-state index in [2.05, 4.69) is 43.6 Å². The van der Waals surface area contributed by atoms with Crippen LogP contribution in [0.2, 0.25) is 0 Å². The number of ketones is 1. The molecule has 0 unspecified atom stereocenters. The summed E-state index contributed by atoms with van der Waals surface area (Å²) in [5, 5.41) is 0.746. The van der Waals surface area contributed by atoms with Crippen LogP contribution in [0, 0.1) is 3.57 Å². The van der Waals surface area contributed by atoms with Gasteiger partial charge in [0.2, 0.25) is 0 Å². The van der Waals surface area contributed by atoms with Crippen LogP contribution in [0.1, 0.15) is 22.3 Å². The van der Waals surface area contributed by atoms with Gasteiger partial charge in [-0.2, -0.15) is 0 Å². The molecule has 0 radical (unpaired) electrons. The van der Waals surface area contributed by atoms with Gasteiger partial charge in [-0.05, 0) is 46.7 Å². The van der Waals surface area contributed by atoms with Gasteiger partial charge in [-0.25, -0.2) is 15.0 Å². The Balaban J connectivity index is 1.81. The number of fused-ring (bicyclic) bond motifs is 2. The summed E-state index contributed by atoms with van der Waals surface area (Å²) in [5.74, 6) is 0.556. The number of anilines is 1. The van der Waals surface area contributed by atoms with Crippen LogP contribution < -0.4 is 11.5 Å². The number of Topliss-reactive ketones (excluding diaryl/α,β-unsaturated/α-hetero) is 1. The maximum absolute atomic E-state index is 12.1. The van der Waals surface area contributed by atoms with Crippen molar-refractivity contribution in [3.8, 4) is 0 Å². The van der Waals surface area contributed by atoms with Crippen molar-refractivity contribution in [1.82, 2.24) is 19.5 Å². The molecule has 1 aliphatic rings. The number of carbonyl (C=O) groups excluding carboxylic acids is 1. The van der Waals surface area contributed by atoms with Crippen LogP contribution in [-0.4, -0.2) is 31.8 Å². The second kappa shape index (κ2) is 6.54. The highest BCUT2D eigenvalue weighted by Gasteiger charge is 2.23. The average Bonchev–Trinajstić information content (AvgIpc) is 3.11. The number of nitrogens with two attached hydrogens (primary N) is 2. The topological polar surface area (TPSA) is 113 Å². The number of carbonyl (C=O) groups is 1. The maximum atomic E-state index is 12.1. The van der Waals surface area contributed by atoms with Crippen molar-refractivity contribution in [1.29, 1.82) is 0 Å². The third kappa shape index (κ3) is 2.89. The Morgan fingerprint density at radius 1 is 1.28 bits per heavy atom. The lowest BCUT2D eigenvalue weighted by molar-refractivity contribution is 0.0994. The van der Waals surface area contributed by atoms with Crippen LogP contribution in [-0.2, 0) is 13.0 Å². The van der Waals surface area contributed by atoms with E-state index < -0.39 is 0 Å². The Morgan fingerprint density at radius 3 is 2.92 bits per heavy atom. The van der Waals surface area contributed by atoms with E-state index in [4.69, 9.17) is 11.5 Å². The highest BCUT2D eigenvalue weighted by molar-refractivity contribution is 14.1. The van der Waals surface area contributed by atoms with Crippen molar-refractivity contribution in [2.75, 3.05) is 12.3 Å². The molecule has 0 amide bonds. The summed E-state index contributed by atoms with van der Waals surface area (Å²) in [6.45, 7) is 1.04. The molecule has 2 heterocycles. The number of nitrogens with zero attached hydrogens (tertiary/aromatic N) is 4. The van der Waals surface area contributed by atoms with Gasteiger partial charge in [0.15, 0.2) is 27.9 Å². The lowest BCUT2D eigenvalue weighted by Gasteiger charge is -2.09. The Hall–Kier alpha value is -1.72. The van der Waals surface area contributed by atoms with E-state index in [0.29, 0.717) is 36.5 Å². The molecule has 0 atom stereocenters. The van der Waals surface area contributed by atoms with E-state index in [0.717, 1.165) is 31.2 Å². The monoisotopic (exact) mass is 466 g/mol. The normalized spacial score (nSPS) is 13.6. The number of benzene rings is 1. The first-order chi connectivity index (χ1) is 12.1. The van der Waals surface area contributed by atoms with E-state index in [-0.39, 0.29) is 5.78 Å². The Morgan fingerprint density at radius 2 is 2.12 bits per heavy atom. The highest BCUT2D eigenvalue weighted by Crippen LogP contribution is 2.36. The number of hydrogen-bond donors (Lipinski definition) is 2. The second-order valence-corrected chi connectivity index (χ2v) is 7.90. The molecule has 7 nitrogen and oxygen atoms in total. The number of imidazole rings is 1. The largest absolute Gasteiger partial charge is 0.382 e. The van der Waals surface area contributed by atoms with Gasteiger partial charge in [0.1, 0.15) is 6.33 Å². The van der Waals surface area contributed by atoms with Gasteiger partial charge in [0, 0.05) is 33.5 Å². The fraction of sp³-hybridized carbons (Fsp3) is 0.250. The van der Waals surface area contributed by atoms with Crippen molar-refractivity contribution < 1.29 is 4.79 Å². The summed E-state index contributed by atoms with van der Waals surface area (Å²) < 4.78 is 3.05. The summed E-state index contributed by atoms with van der Waals surface area (Å²) in [6, 6.07) is 4.06. The first-order valence-corrected chi connectivity index (χ1v) is 9.68. The zero-order chi connectivity index (χ0) is 17.6. The number of hydrogen-bond acceptors (Lipinski definition) is 7. The van der Waals surface area contributed by atoms with Gasteiger partial charge >= 0.3 is 0 Å². The Kier molecular flexibility index (Phi) is 4.38. The fourth-order valence-corrected chi connectivity index (χ4v) is 4.78. The molecule has 25 heavy (non-hydrogen) atoms. The van der Waals surface area contributed by atoms with Crippen LogP contribution in [0.4, 0.5) is 5.82 Å². The number of nitrogen functional groups attached to an aromatic ring is 1. The minimum absolute atomic E-state index is 0.207. The van der Waals surface area contributed by atoms with Crippen molar-refractivity contribution in [3.05, 3.63) is 33.2 Å². The predicted octanol–water partition coefficient (Wildman–Crippen LogP) is 2.25. The van der Waals surface area contributed by atoms with Crippen LogP contribution in [0.25, 0.3) is 11.2 Å². The summed E-state index contributed by atoms with van der Waals surface area (Å²) >= 11 is 3.80. The first-order valence-electron chi connectivity index (χ1n) is 7.78. The molecular formula is C16H15IN6OS. The predicted molar refractivity (Wildman–Crippen MR) is 105 cm³/mol. The molecule has 1 aliphatic carbocycles. The summed E-state index contributed by atoms with van der Waals surface area (Å²) in [5.41, 5.74) is 14.9. The van der Waals surface area contributed by atoms with Crippen LogP contribution in [0.5, 0.6) is 0 Å². The van der Waals surface area contributed by atoms with Crippen LogP contribution in [0.15, 0.2) is 28.5 Å². The molecule has 0 saturated carbocycles. The molecule has 4 N–H and O–H groups in total. The van der Waals surface area contributed by atoms with Crippen molar-refractivity contribution in [3.63, 3.8) is 0 Å². The van der Waals surface area contributed by atoms with Crippen molar-refractivity contribution >= 4 is 57.1 Å². The smallest absolute Gasteiger partial charge is 0.175 e. The van der Waals surface area contributed by atoms with E-state index in [9.17, 15) is 4.79 Å². The van der Waals surface area contributed by atoms with E-state index >= 15 is 0 Å². The van der Waals surface area contributed by atoms with Crippen LogP contribution >= 0.6 is 34.4 Å². The molecule has 3 aromatic rings. The fourth-order valence-electron chi connectivity index (χ4n) is 2.96. The van der Waals surface area contributed by atoms with Gasteiger partial charge < -0.3 is 16.0 Å². The third-order valence-electron chi connectivity index (χ3n) is 4.16. The number of aryl methyl sites for hydroxylation is 1. The zero-order valence-corrected chi connectivity index (χ0v) is 16.2. The van der Waals surface area contributed by atoms with Gasteiger partial charge in [0.05, 0.1) is 0 Å². The molecule has 2 aromatic heterocycles. The molecule has 0 spiro atoms. The molecule has 4 rings (SSSR count). The molecule has 0 saturated heterocycles. The van der Waals surface area contributed by atoms with Gasteiger partial charge in [0.25, 0.3) is 0 Å². The van der Waals surface area contributed by atoms with Crippen molar-refractivity contribution in [2.45, 2.75) is 29.4 Å². The summed E-state index contributed by atoms with van der Waals surface area (Å²) in [7, 11) is 0. The first kappa shape index (κ1) is 16.7. The molecule has 9 heteroatoms. The standard InChI is InChI=1S/C16H15IN6OS/c17-10-5-8-1-2-11(24)9(8)6-12(10)25-16-22-13-14(19)20-7-21-15(13)23(16)4-3-18/h5-7H,1-4,18H2,(H2,19,20,21). The minimum Gasteiger partial charge on any atom is -0.382 e. The second-order valence-electron chi connectivity index (χ2n) is 5.73.